The summed E-state index contributed by atoms with van der Waals surface area (Å²) in [5.74, 6) is -0.0795. The van der Waals surface area contributed by atoms with E-state index in [2.05, 4.69) is 20.4 Å². The van der Waals surface area contributed by atoms with E-state index in [-0.39, 0.29) is 23.9 Å². The van der Waals surface area contributed by atoms with Crippen molar-refractivity contribution in [1.29, 1.82) is 0 Å². The third kappa shape index (κ3) is 2.24. The van der Waals surface area contributed by atoms with Gasteiger partial charge in [0.25, 0.3) is 0 Å². The predicted octanol–water partition coefficient (Wildman–Crippen LogP) is 2.62. The summed E-state index contributed by atoms with van der Waals surface area (Å²) in [6.45, 7) is 0.248. The molecule has 0 heterocycles. The lowest BCUT2D eigenvalue weighted by molar-refractivity contribution is 0.654. The topological polar surface area (TPSA) is 108 Å². The van der Waals surface area contributed by atoms with E-state index in [9.17, 15) is 9.81 Å². The van der Waals surface area contributed by atoms with Crippen molar-refractivity contribution in [2.45, 2.75) is 6.42 Å². The Morgan fingerprint density at radius 3 is 2.71 bits per heavy atom. The van der Waals surface area contributed by atoms with Gasteiger partial charge in [-0.25, -0.2) is 0 Å². The van der Waals surface area contributed by atoms with Crippen molar-refractivity contribution in [1.82, 2.24) is 0 Å². The van der Waals surface area contributed by atoms with Crippen molar-refractivity contribution < 1.29 is 0 Å². The highest BCUT2D eigenvalue weighted by atomic mass is 16.3. The Labute approximate surface area is 79.1 Å². The third-order valence-electron chi connectivity index (χ3n) is 1.85. The molecule has 1 rings (SSSR count). The molecule has 7 nitrogen and oxygen atoms in total. The molecule has 1 aliphatic rings. The maximum Gasteiger partial charge on any atom is 0.133 e. The minimum Gasteiger partial charge on any atom is -0.145 e. The fourth-order valence-corrected chi connectivity index (χ4v) is 1.17. The average Bonchev–Trinajstić information content (AvgIpc) is 2.25. The van der Waals surface area contributed by atoms with Crippen LogP contribution >= 0.6 is 0 Å². The van der Waals surface area contributed by atoms with Crippen molar-refractivity contribution in [2.75, 3.05) is 6.54 Å². The summed E-state index contributed by atoms with van der Waals surface area (Å²) in [6.07, 6.45) is 3.54. The molecule has 14 heavy (non-hydrogen) atoms. The molecule has 0 radical (unpaired) electrons. The highest BCUT2D eigenvalue weighted by Crippen LogP contribution is 2.24. The predicted molar refractivity (Wildman–Crippen MR) is 49.9 cm³/mol. The van der Waals surface area contributed by atoms with Crippen LogP contribution in [0.1, 0.15) is 6.42 Å². The maximum atomic E-state index is 10.3. The Balaban J connectivity index is 2.77. The van der Waals surface area contributed by atoms with Crippen LogP contribution < -0.4 is 0 Å². The quantitative estimate of drug-likeness (QED) is 0.296. The van der Waals surface area contributed by atoms with Gasteiger partial charge >= 0.3 is 0 Å². The van der Waals surface area contributed by atoms with Crippen molar-refractivity contribution in [3.8, 4) is 0 Å². The van der Waals surface area contributed by atoms with Gasteiger partial charge in [0.2, 0.25) is 0 Å². The maximum absolute atomic E-state index is 10.3. The van der Waals surface area contributed by atoms with Crippen LogP contribution in [0, 0.1) is 15.7 Å². The van der Waals surface area contributed by atoms with E-state index in [0.717, 1.165) is 0 Å². The number of allylic oxidation sites excluding steroid dienone is 1. The molecule has 0 saturated carbocycles. The first kappa shape index (κ1) is 10.1. The lowest BCUT2D eigenvalue weighted by atomic mass is 9.98. The van der Waals surface area contributed by atoms with Crippen molar-refractivity contribution in [2.24, 2.45) is 21.4 Å². The van der Waals surface area contributed by atoms with Crippen LogP contribution in [0.15, 0.2) is 39.0 Å². The zero-order chi connectivity index (χ0) is 10.4. The number of nitrogens with zero attached hydrogens (tertiary/aromatic N) is 5. The summed E-state index contributed by atoms with van der Waals surface area (Å²) in [4.78, 5) is 23.1. The molecule has 0 aromatic rings. The summed E-state index contributed by atoms with van der Waals surface area (Å²) in [6, 6.07) is 0. The van der Waals surface area contributed by atoms with Crippen molar-refractivity contribution in [3.05, 3.63) is 43.8 Å². The van der Waals surface area contributed by atoms with E-state index < -0.39 is 0 Å². The molecule has 0 amide bonds. The summed E-state index contributed by atoms with van der Waals surface area (Å²) in [7, 11) is 0. The average molecular weight is 193 g/mol. The van der Waals surface area contributed by atoms with Gasteiger partial charge in [0.15, 0.2) is 0 Å². The zero-order valence-electron chi connectivity index (χ0n) is 7.20. The van der Waals surface area contributed by atoms with Gasteiger partial charge in [0.05, 0.1) is 0 Å². The van der Waals surface area contributed by atoms with Gasteiger partial charge in [0, 0.05) is 11.5 Å². The summed E-state index contributed by atoms with van der Waals surface area (Å²) < 4.78 is 0. The lowest BCUT2D eigenvalue weighted by Crippen LogP contribution is -2.05. The molecule has 0 aromatic carbocycles. The minimum atomic E-state index is -0.0795. The number of nitroso groups, excluding NO2 is 2. The van der Waals surface area contributed by atoms with Crippen molar-refractivity contribution in [3.63, 3.8) is 0 Å². The molecule has 1 aliphatic carbocycles. The van der Waals surface area contributed by atoms with Crippen LogP contribution in [-0.2, 0) is 0 Å². The Morgan fingerprint density at radius 2 is 2.14 bits per heavy atom. The monoisotopic (exact) mass is 193 g/mol. The molecule has 7 heteroatoms. The highest BCUT2D eigenvalue weighted by Gasteiger charge is 2.16. The van der Waals surface area contributed by atoms with E-state index >= 15 is 0 Å². The number of hydrogen-bond acceptors (Lipinski definition) is 5. The molecule has 0 bridgehead atoms. The molecule has 72 valence electrons. The Bertz CT molecular complexity index is 353. The van der Waals surface area contributed by atoms with Gasteiger partial charge < -0.3 is 0 Å². The van der Waals surface area contributed by atoms with E-state index in [4.69, 9.17) is 5.53 Å². The van der Waals surface area contributed by atoms with E-state index in [1.54, 1.807) is 0 Å². The Morgan fingerprint density at radius 1 is 1.43 bits per heavy atom. The van der Waals surface area contributed by atoms with Gasteiger partial charge in [-0.3, -0.25) is 0 Å². The van der Waals surface area contributed by atoms with Crippen molar-refractivity contribution >= 4 is 0 Å². The Hall–Kier alpha value is -2.01. The van der Waals surface area contributed by atoms with Crippen LogP contribution in [-0.4, -0.2) is 6.54 Å². The van der Waals surface area contributed by atoms with Gasteiger partial charge in [-0.1, -0.05) is 11.2 Å². The largest absolute Gasteiger partial charge is 0.145 e. The summed E-state index contributed by atoms with van der Waals surface area (Å²) in [5.41, 5.74) is 8.16. The van der Waals surface area contributed by atoms with Crippen LogP contribution in [0.2, 0.25) is 0 Å². The van der Waals surface area contributed by atoms with E-state index in [1.807, 2.05) is 0 Å². The summed E-state index contributed by atoms with van der Waals surface area (Å²) in [5, 5.41) is 8.70. The van der Waals surface area contributed by atoms with Crippen LogP contribution in [0.25, 0.3) is 10.4 Å². The normalized spacial score (nSPS) is 20.1. The van der Waals surface area contributed by atoms with Gasteiger partial charge in [-0.05, 0) is 34.3 Å². The fourth-order valence-electron chi connectivity index (χ4n) is 1.17. The number of azide groups is 1. The van der Waals surface area contributed by atoms with Crippen LogP contribution in [0.4, 0.5) is 0 Å². The molecular weight excluding hydrogens is 186 g/mol. The lowest BCUT2D eigenvalue weighted by Gasteiger charge is -2.11. The SMILES string of the molecule is [N-]=[N+]=NC[C@@H]1C=C(N=O)C(N=O)=CC1. The van der Waals surface area contributed by atoms with Gasteiger partial charge in [0.1, 0.15) is 11.4 Å². The smallest absolute Gasteiger partial charge is 0.133 e. The molecular formula is C7H7N5O2. The van der Waals surface area contributed by atoms with Crippen LogP contribution in [0.5, 0.6) is 0 Å². The molecule has 0 unspecified atom stereocenters. The van der Waals surface area contributed by atoms with Crippen LogP contribution in [0.3, 0.4) is 0 Å². The Kier molecular flexibility index (Phi) is 3.51. The molecule has 0 N–H and O–H groups in total. The zero-order valence-corrected chi connectivity index (χ0v) is 7.20. The second kappa shape index (κ2) is 4.88. The second-order valence-electron chi connectivity index (χ2n) is 2.73. The molecule has 0 aromatic heterocycles. The minimum absolute atomic E-state index is 0.0180. The molecule has 0 fully saturated rings. The van der Waals surface area contributed by atoms with E-state index in [1.165, 1.54) is 12.2 Å². The molecule has 0 aliphatic heterocycles. The standard InChI is InChI=1S/C7H7N5O2/c8-12-9-4-5-1-2-6(10-13)7(3-5)11-14/h2-3,5H,1,4H2/t5-/m0/s1. The number of hydrogen-bond donors (Lipinski definition) is 0. The first-order chi connectivity index (χ1) is 6.81. The van der Waals surface area contributed by atoms with E-state index in [0.29, 0.717) is 6.42 Å². The fraction of sp³-hybridized carbons (Fsp3) is 0.429. The highest BCUT2D eigenvalue weighted by molar-refractivity contribution is 5.32. The molecule has 1 atom stereocenters. The van der Waals surface area contributed by atoms with Gasteiger partial charge in [-0.15, -0.1) is 9.81 Å². The first-order valence-electron chi connectivity index (χ1n) is 3.91. The number of rotatable bonds is 4. The third-order valence-corrected chi connectivity index (χ3v) is 1.85. The second-order valence-corrected chi connectivity index (χ2v) is 2.73. The van der Waals surface area contributed by atoms with Gasteiger partial charge in [-0.2, -0.15) is 0 Å². The first-order valence-corrected chi connectivity index (χ1v) is 3.91. The summed E-state index contributed by atoms with van der Waals surface area (Å²) >= 11 is 0. The molecule has 0 saturated heterocycles. The molecule has 0 spiro atoms.